The number of carbonyl (C=O) groups excluding carboxylic acids is 1. The lowest BCUT2D eigenvalue weighted by Gasteiger charge is -2.63. The first-order valence-corrected chi connectivity index (χ1v) is 19.8. The second kappa shape index (κ2) is 13.3. The van der Waals surface area contributed by atoms with Gasteiger partial charge in [0.25, 0.3) is 11.8 Å². The van der Waals surface area contributed by atoms with E-state index in [9.17, 15) is 9.90 Å². The minimum atomic E-state index is -1.33. The van der Waals surface area contributed by atoms with Crippen molar-refractivity contribution in [3.63, 3.8) is 0 Å². The summed E-state index contributed by atoms with van der Waals surface area (Å²) in [6.07, 6.45) is 3.06. The molecule has 10 rings (SSSR count). The van der Waals surface area contributed by atoms with Crippen molar-refractivity contribution >= 4 is 5.91 Å². The highest BCUT2D eigenvalue weighted by Gasteiger charge is 2.74. The standard InChI is InChI=1S/C46H46N4O6/c1-44(2,43-47-41(49-56-43)32-16-10-5-11-17-32)48-42(51)34-25-46(52)36-24-33-20-21-35(53-27-30-12-6-3-7-13-30)39-37(33)45(46,22-23-50(36)26-29-18-19-29)40(55-39)38(34)54-28-31-14-8-4-9-15-31/h3-17,20-21,29,36,40,52H,18-19,22-28H2,1-2H3,(H,48,51)/t36-,40?,45+,46-/m1/s1. The van der Waals surface area contributed by atoms with Crippen molar-refractivity contribution in [2.45, 2.75) is 87.9 Å². The number of rotatable bonds is 12. The fourth-order valence-electron chi connectivity index (χ4n) is 9.68. The number of carbonyl (C=O) groups is 1. The topological polar surface area (TPSA) is 119 Å². The second-order valence-electron chi connectivity index (χ2n) is 16.7. The van der Waals surface area contributed by atoms with Crippen LogP contribution in [0.1, 0.15) is 67.7 Å². The van der Waals surface area contributed by atoms with Gasteiger partial charge in [0.1, 0.15) is 24.5 Å². The van der Waals surface area contributed by atoms with Crippen molar-refractivity contribution in [1.82, 2.24) is 20.4 Å². The lowest BCUT2D eigenvalue weighted by molar-refractivity contribution is -0.175. The third-order valence-corrected chi connectivity index (χ3v) is 12.6. The van der Waals surface area contributed by atoms with Crippen LogP contribution in [0.15, 0.2) is 119 Å². The molecule has 286 valence electrons. The van der Waals surface area contributed by atoms with E-state index in [1.165, 1.54) is 12.8 Å². The molecule has 2 N–H and O–H groups in total. The van der Waals surface area contributed by atoms with Crippen molar-refractivity contribution in [3.05, 3.63) is 143 Å². The van der Waals surface area contributed by atoms with E-state index in [1.807, 2.05) is 111 Å². The number of aromatic nitrogens is 2. The van der Waals surface area contributed by atoms with Crippen molar-refractivity contribution in [3.8, 4) is 22.9 Å². The number of piperidine rings is 1. The Balaban J connectivity index is 1.07. The Bertz CT molecular complexity index is 2310. The first kappa shape index (κ1) is 35.0. The Labute approximate surface area is 326 Å². The Hall–Kier alpha value is -5.45. The summed E-state index contributed by atoms with van der Waals surface area (Å²) in [5.41, 5.74) is 2.09. The Morgan fingerprint density at radius 1 is 0.929 bits per heavy atom. The van der Waals surface area contributed by atoms with Gasteiger partial charge in [0, 0.05) is 30.1 Å². The second-order valence-corrected chi connectivity index (χ2v) is 16.7. The van der Waals surface area contributed by atoms with Crippen molar-refractivity contribution in [1.29, 1.82) is 0 Å². The molecule has 56 heavy (non-hydrogen) atoms. The molecule has 5 aromatic rings. The molecule has 4 atom stereocenters. The SMILES string of the molecule is CC(C)(NC(=O)C1=C(OCc2ccccc2)C2Oc3c(OCc4ccccc4)ccc4c3[C@@]23CCN(CC2CC2)[C@H](C4)[C@]3(O)C1)c1nc(-c2ccccc2)no1. The van der Waals surface area contributed by atoms with E-state index in [0.717, 1.165) is 40.9 Å². The van der Waals surface area contributed by atoms with Crippen LogP contribution in [0.4, 0.5) is 0 Å². The van der Waals surface area contributed by atoms with Crippen LogP contribution >= 0.6 is 0 Å². The molecule has 10 nitrogen and oxygen atoms in total. The fraction of sp³-hybridized carbons (Fsp3) is 0.370. The Morgan fingerprint density at radius 2 is 1.61 bits per heavy atom. The molecule has 5 aliphatic rings. The van der Waals surface area contributed by atoms with Gasteiger partial charge >= 0.3 is 0 Å². The molecule has 2 bridgehead atoms. The molecule has 1 unspecified atom stereocenters. The summed E-state index contributed by atoms with van der Waals surface area (Å²) < 4.78 is 26.2. The highest BCUT2D eigenvalue weighted by Crippen LogP contribution is 2.67. The van der Waals surface area contributed by atoms with Crippen LogP contribution in [-0.4, -0.2) is 56.9 Å². The van der Waals surface area contributed by atoms with Crippen molar-refractivity contribution in [2.24, 2.45) is 5.92 Å². The van der Waals surface area contributed by atoms with Crippen LogP contribution in [0.5, 0.6) is 11.5 Å². The maximum Gasteiger partial charge on any atom is 0.252 e. The number of nitrogens with zero attached hydrogens (tertiary/aromatic N) is 3. The quantitative estimate of drug-likeness (QED) is 0.139. The van der Waals surface area contributed by atoms with E-state index in [4.69, 9.17) is 18.7 Å². The van der Waals surface area contributed by atoms with Crippen LogP contribution in [0, 0.1) is 5.92 Å². The fourth-order valence-corrected chi connectivity index (χ4v) is 9.68. The molecule has 2 aliphatic heterocycles. The smallest absolute Gasteiger partial charge is 0.252 e. The van der Waals surface area contributed by atoms with E-state index in [1.54, 1.807) is 0 Å². The molecule has 0 radical (unpaired) electrons. The van der Waals surface area contributed by atoms with Gasteiger partial charge < -0.3 is 29.2 Å². The molecule has 1 aromatic heterocycles. The summed E-state index contributed by atoms with van der Waals surface area (Å²) in [4.78, 5) is 22.1. The lowest BCUT2D eigenvalue weighted by Crippen LogP contribution is -2.76. The summed E-state index contributed by atoms with van der Waals surface area (Å²) >= 11 is 0. The summed E-state index contributed by atoms with van der Waals surface area (Å²) in [5.74, 6) is 2.66. The molecular formula is C46H46N4O6. The largest absolute Gasteiger partial charge is 0.489 e. The van der Waals surface area contributed by atoms with E-state index < -0.39 is 22.7 Å². The number of amides is 1. The highest BCUT2D eigenvalue weighted by atomic mass is 16.6. The Kier molecular flexibility index (Phi) is 8.34. The lowest BCUT2D eigenvalue weighted by atomic mass is 9.49. The average Bonchev–Trinajstić information content (AvgIpc) is 3.74. The summed E-state index contributed by atoms with van der Waals surface area (Å²) in [7, 11) is 0. The van der Waals surface area contributed by atoms with Crippen LogP contribution < -0.4 is 14.8 Å². The minimum Gasteiger partial charge on any atom is -0.489 e. The third kappa shape index (κ3) is 5.72. The predicted molar refractivity (Wildman–Crippen MR) is 208 cm³/mol. The van der Waals surface area contributed by atoms with Gasteiger partial charge in [-0.15, -0.1) is 0 Å². The van der Waals surface area contributed by atoms with Gasteiger partial charge in [0.2, 0.25) is 5.82 Å². The average molecular weight is 751 g/mol. The van der Waals surface area contributed by atoms with Gasteiger partial charge in [-0.3, -0.25) is 9.69 Å². The molecule has 1 amide bonds. The van der Waals surface area contributed by atoms with Crippen molar-refractivity contribution < 1.29 is 28.6 Å². The predicted octanol–water partition coefficient (Wildman–Crippen LogP) is 7.01. The number of ether oxygens (including phenoxy) is 3. The molecule has 3 aliphatic carbocycles. The van der Waals surface area contributed by atoms with E-state index >= 15 is 0 Å². The van der Waals surface area contributed by atoms with Gasteiger partial charge in [-0.2, -0.15) is 4.98 Å². The molecule has 1 saturated carbocycles. The van der Waals surface area contributed by atoms with E-state index in [2.05, 4.69) is 26.4 Å². The van der Waals surface area contributed by atoms with Gasteiger partial charge in [-0.1, -0.05) is 102 Å². The molecule has 2 fully saturated rings. The van der Waals surface area contributed by atoms with E-state index in [0.29, 0.717) is 54.0 Å². The first-order valence-electron chi connectivity index (χ1n) is 19.8. The number of hydrogen-bond acceptors (Lipinski definition) is 9. The number of hydrogen-bond donors (Lipinski definition) is 2. The summed E-state index contributed by atoms with van der Waals surface area (Å²) in [6, 6.07) is 33.5. The monoisotopic (exact) mass is 750 g/mol. The number of likely N-dealkylation sites (tertiary alicyclic amines) is 1. The van der Waals surface area contributed by atoms with Gasteiger partial charge in [0.15, 0.2) is 17.6 Å². The van der Waals surface area contributed by atoms with Gasteiger partial charge in [0.05, 0.1) is 16.6 Å². The van der Waals surface area contributed by atoms with Gasteiger partial charge in [-0.25, -0.2) is 0 Å². The third-order valence-electron chi connectivity index (χ3n) is 12.6. The Morgan fingerprint density at radius 3 is 2.30 bits per heavy atom. The summed E-state index contributed by atoms with van der Waals surface area (Å²) in [6.45, 7) is 6.04. The molecule has 4 aromatic carbocycles. The van der Waals surface area contributed by atoms with Crippen LogP contribution in [-0.2, 0) is 40.1 Å². The summed E-state index contributed by atoms with van der Waals surface area (Å²) in [5, 5.41) is 21.0. The molecular weight excluding hydrogens is 705 g/mol. The maximum atomic E-state index is 14.9. The molecule has 1 spiro atoms. The number of benzene rings is 4. The van der Waals surface area contributed by atoms with E-state index in [-0.39, 0.29) is 30.9 Å². The highest BCUT2D eigenvalue weighted by molar-refractivity contribution is 5.95. The van der Waals surface area contributed by atoms with Crippen LogP contribution in [0.2, 0.25) is 0 Å². The normalized spacial score (nSPS) is 25.0. The van der Waals surface area contributed by atoms with Crippen LogP contribution in [0.25, 0.3) is 11.4 Å². The maximum absolute atomic E-state index is 14.9. The van der Waals surface area contributed by atoms with Gasteiger partial charge in [-0.05, 0) is 74.8 Å². The number of aliphatic hydroxyl groups is 1. The molecule has 10 heteroatoms. The minimum absolute atomic E-state index is 0.0950. The zero-order valence-electron chi connectivity index (χ0n) is 31.7. The molecule has 1 saturated heterocycles. The van der Waals surface area contributed by atoms with Crippen LogP contribution in [0.3, 0.4) is 0 Å². The first-order chi connectivity index (χ1) is 27.2. The zero-order valence-corrected chi connectivity index (χ0v) is 31.7. The zero-order chi connectivity index (χ0) is 38.1. The molecule has 3 heterocycles. The number of nitrogens with one attached hydrogen (secondary N) is 1. The van der Waals surface area contributed by atoms with Crippen molar-refractivity contribution in [2.75, 3.05) is 13.1 Å².